The van der Waals surface area contributed by atoms with Crippen LogP contribution in [0.25, 0.3) is 11.2 Å². The van der Waals surface area contributed by atoms with Gasteiger partial charge in [0.05, 0.1) is 12.9 Å². The van der Waals surface area contributed by atoms with Crippen LogP contribution in [0.15, 0.2) is 11.1 Å². The highest BCUT2D eigenvalue weighted by Crippen LogP contribution is 2.24. The van der Waals surface area contributed by atoms with Crippen molar-refractivity contribution in [3.63, 3.8) is 0 Å². The zero-order valence-corrected chi connectivity index (χ0v) is 9.75. The lowest BCUT2D eigenvalue weighted by Gasteiger charge is -2.07. The van der Waals surface area contributed by atoms with Gasteiger partial charge in [-0.15, -0.1) is 4.73 Å². The Morgan fingerprint density at radius 3 is 2.83 bits per heavy atom. The molecule has 0 spiro atoms. The summed E-state index contributed by atoms with van der Waals surface area (Å²) < 4.78 is 6.24. The molecule has 0 unspecified atom stereocenters. The van der Waals surface area contributed by atoms with Gasteiger partial charge in [0.2, 0.25) is 5.65 Å². The molecule has 0 aliphatic rings. The Bertz CT molecular complexity index is 685. The van der Waals surface area contributed by atoms with Crippen LogP contribution in [0.1, 0.15) is 17.3 Å². The third-order valence-electron chi connectivity index (χ3n) is 2.47. The summed E-state index contributed by atoms with van der Waals surface area (Å²) in [6, 6.07) is 0. The van der Waals surface area contributed by atoms with Gasteiger partial charge in [0.25, 0.3) is 0 Å². The molecule has 96 valence electrons. The molecular weight excluding hydrogens is 242 g/mol. The first-order valence-electron chi connectivity index (χ1n) is 5.14. The number of aromatic hydroxyl groups is 1. The van der Waals surface area contributed by atoms with Crippen molar-refractivity contribution < 1.29 is 19.8 Å². The number of carbonyl (C=O) groups excluding carboxylic acids is 1. The number of aryl methyl sites for hydroxylation is 1. The van der Waals surface area contributed by atoms with Gasteiger partial charge in [0, 0.05) is 7.05 Å². The lowest BCUT2D eigenvalue weighted by atomic mass is 10.2. The second-order valence-corrected chi connectivity index (χ2v) is 3.59. The van der Waals surface area contributed by atoms with Crippen molar-refractivity contribution in [2.75, 3.05) is 6.61 Å². The summed E-state index contributed by atoms with van der Waals surface area (Å²) in [4.78, 5) is 27.1. The number of imidazole rings is 1. The highest BCUT2D eigenvalue weighted by Gasteiger charge is 2.25. The number of ether oxygens (including phenoxy) is 1. The van der Waals surface area contributed by atoms with E-state index in [1.807, 2.05) is 0 Å². The number of nitrogens with zero attached hydrogens (tertiary/aromatic N) is 3. The number of hydrogen-bond donors (Lipinski definition) is 2. The van der Waals surface area contributed by atoms with Crippen LogP contribution >= 0.6 is 0 Å². The van der Waals surface area contributed by atoms with E-state index in [4.69, 9.17) is 0 Å². The number of pyridine rings is 1. The Kier molecular flexibility index (Phi) is 2.70. The van der Waals surface area contributed by atoms with Gasteiger partial charge >= 0.3 is 11.5 Å². The summed E-state index contributed by atoms with van der Waals surface area (Å²) in [5.74, 6) is -1.55. The van der Waals surface area contributed by atoms with Crippen molar-refractivity contribution >= 4 is 17.1 Å². The van der Waals surface area contributed by atoms with Crippen LogP contribution in [0.2, 0.25) is 0 Å². The Balaban J connectivity index is 2.86. The van der Waals surface area contributed by atoms with E-state index in [1.54, 1.807) is 14.0 Å². The Morgan fingerprint density at radius 1 is 1.56 bits per heavy atom. The highest BCUT2D eigenvalue weighted by molar-refractivity contribution is 5.97. The molecule has 2 aromatic heterocycles. The predicted molar refractivity (Wildman–Crippen MR) is 59.8 cm³/mol. The molecule has 0 amide bonds. The minimum Gasteiger partial charge on any atom is -0.505 e. The molecule has 0 bridgehead atoms. The van der Waals surface area contributed by atoms with Gasteiger partial charge in [-0.05, 0) is 6.92 Å². The normalized spacial score (nSPS) is 10.8. The molecule has 0 aliphatic carbocycles. The quantitative estimate of drug-likeness (QED) is 0.569. The lowest BCUT2D eigenvalue weighted by Crippen LogP contribution is -2.27. The fourth-order valence-electron chi connectivity index (χ4n) is 1.65. The van der Waals surface area contributed by atoms with Crippen molar-refractivity contribution in [3.05, 3.63) is 22.2 Å². The van der Waals surface area contributed by atoms with Crippen molar-refractivity contribution in [1.29, 1.82) is 0 Å². The molecule has 0 aliphatic heterocycles. The van der Waals surface area contributed by atoms with Crippen molar-refractivity contribution in [2.45, 2.75) is 6.92 Å². The third kappa shape index (κ3) is 1.50. The molecule has 2 N–H and O–H groups in total. The number of aromatic nitrogens is 3. The molecule has 0 fully saturated rings. The van der Waals surface area contributed by atoms with Crippen LogP contribution in [-0.2, 0) is 11.8 Å². The minimum absolute atomic E-state index is 0.0482. The summed E-state index contributed by atoms with van der Waals surface area (Å²) in [6.45, 7) is 1.61. The first-order valence-corrected chi connectivity index (χ1v) is 5.14. The fourth-order valence-corrected chi connectivity index (χ4v) is 1.65. The van der Waals surface area contributed by atoms with Gasteiger partial charge in [0.15, 0.2) is 11.3 Å². The fraction of sp³-hybridized carbons (Fsp3) is 0.300. The van der Waals surface area contributed by atoms with E-state index in [2.05, 4.69) is 9.72 Å². The number of carbonyl (C=O) groups is 1. The predicted octanol–water partition coefficient (Wildman–Crippen LogP) is -0.145. The van der Waals surface area contributed by atoms with Crippen LogP contribution in [0.4, 0.5) is 0 Å². The Labute approximate surface area is 101 Å². The van der Waals surface area contributed by atoms with Gasteiger partial charge in [-0.3, -0.25) is 4.79 Å². The SMILES string of the molecule is CCOC(=O)c1c(O)c2c(ncn2C)n(O)c1=O. The molecule has 0 saturated carbocycles. The average Bonchev–Trinajstić information content (AvgIpc) is 2.69. The van der Waals surface area contributed by atoms with Crippen molar-refractivity contribution in [1.82, 2.24) is 14.3 Å². The van der Waals surface area contributed by atoms with Gasteiger partial charge in [0.1, 0.15) is 5.52 Å². The molecule has 8 heteroatoms. The zero-order valence-electron chi connectivity index (χ0n) is 9.75. The molecule has 0 radical (unpaired) electrons. The molecule has 8 nitrogen and oxygen atoms in total. The van der Waals surface area contributed by atoms with Crippen LogP contribution in [0.3, 0.4) is 0 Å². The largest absolute Gasteiger partial charge is 0.505 e. The maximum absolute atomic E-state index is 11.7. The summed E-state index contributed by atoms with van der Waals surface area (Å²) in [6.07, 6.45) is 1.30. The molecule has 2 rings (SSSR count). The number of hydrogen-bond acceptors (Lipinski definition) is 6. The van der Waals surface area contributed by atoms with E-state index in [1.165, 1.54) is 10.9 Å². The van der Waals surface area contributed by atoms with E-state index >= 15 is 0 Å². The number of esters is 1. The maximum atomic E-state index is 11.7. The van der Waals surface area contributed by atoms with E-state index in [9.17, 15) is 19.9 Å². The van der Waals surface area contributed by atoms with Gasteiger partial charge in [-0.2, -0.15) is 0 Å². The molecule has 2 heterocycles. The third-order valence-corrected chi connectivity index (χ3v) is 2.47. The van der Waals surface area contributed by atoms with Crippen molar-refractivity contribution in [2.24, 2.45) is 7.05 Å². The summed E-state index contributed by atoms with van der Waals surface area (Å²) in [5.41, 5.74) is -1.75. The molecule has 0 aromatic carbocycles. The Hall–Kier alpha value is -2.51. The first-order chi connectivity index (χ1) is 8.49. The maximum Gasteiger partial charge on any atom is 0.347 e. The van der Waals surface area contributed by atoms with Crippen molar-refractivity contribution in [3.8, 4) is 5.75 Å². The molecular formula is C10H11N3O5. The van der Waals surface area contributed by atoms with Crippen LogP contribution in [0.5, 0.6) is 5.75 Å². The summed E-state index contributed by atoms with van der Waals surface area (Å²) in [7, 11) is 1.55. The highest BCUT2D eigenvalue weighted by atomic mass is 16.5. The molecule has 0 atom stereocenters. The van der Waals surface area contributed by atoms with E-state index < -0.39 is 22.8 Å². The number of rotatable bonds is 2. The van der Waals surface area contributed by atoms with Gasteiger partial charge in [-0.1, -0.05) is 0 Å². The topological polar surface area (TPSA) is 107 Å². The summed E-state index contributed by atoms with van der Waals surface area (Å²) >= 11 is 0. The lowest BCUT2D eigenvalue weighted by molar-refractivity contribution is 0.0515. The smallest absolute Gasteiger partial charge is 0.347 e. The standard InChI is InChI=1S/C10H11N3O5/c1-3-18-10(16)5-7(14)6-8(11-4-12(6)2)13(17)9(5)15/h4,14,17H,3H2,1-2H3. The van der Waals surface area contributed by atoms with Crippen LogP contribution in [-0.4, -0.2) is 37.2 Å². The van der Waals surface area contributed by atoms with Crippen LogP contribution < -0.4 is 5.56 Å². The van der Waals surface area contributed by atoms with E-state index in [0.29, 0.717) is 0 Å². The first kappa shape index (κ1) is 12.0. The monoisotopic (exact) mass is 253 g/mol. The molecule has 0 saturated heterocycles. The average molecular weight is 253 g/mol. The van der Waals surface area contributed by atoms with Gasteiger partial charge in [-0.25, -0.2) is 9.78 Å². The van der Waals surface area contributed by atoms with E-state index in [0.717, 1.165) is 0 Å². The van der Waals surface area contributed by atoms with E-state index in [-0.39, 0.29) is 22.5 Å². The second-order valence-electron chi connectivity index (χ2n) is 3.59. The minimum atomic E-state index is -1.07. The molecule has 18 heavy (non-hydrogen) atoms. The summed E-state index contributed by atoms with van der Waals surface area (Å²) in [5, 5.41) is 19.5. The van der Waals surface area contributed by atoms with Crippen LogP contribution in [0, 0.1) is 0 Å². The zero-order chi connectivity index (χ0) is 13.4. The van der Waals surface area contributed by atoms with Gasteiger partial charge < -0.3 is 19.6 Å². The molecule has 2 aromatic rings. The Morgan fingerprint density at radius 2 is 2.22 bits per heavy atom. The number of fused-ring (bicyclic) bond motifs is 1. The second kappa shape index (κ2) is 4.06.